The maximum absolute atomic E-state index is 12.9. The van der Waals surface area contributed by atoms with Gasteiger partial charge in [-0.05, 0) is 30.3 Å². The third kappa shape index (κ3) is 4.48. The van der Waals surface area contributed by atoms with E-state index in [1.54, 1.807) is 24.3 Å². The second-order valence-electron chi connectivity index (χ2n) is 6.11. The number of halogens is 3. The lowest BCUT2D eigenvalue weighted by atomic mass is 10.2. The number of hydrogen-bond acceptors (Lipinski definition) is 5. The molecule has 1 fully saturated rings. The highest BCUT2D eigenvalue weighted by atomic mass is 35.5. The molecule has 11 heteroatoms. The molecule has 0 radical (unpaired) electrons. The lowest BCUT2D eigenvalue weighted by Gasteiger charge is -2.14. The second-order valence-corrected chi connectivity index (χ2v) is 8.43. The summed E-state index contributed by atoms with van der Waals surface area (Å²) in [5.74, 6) is -4.53. The molecule has 154 valence electrons. The van der Waals surface area contributed by atoms with Gasteiger partial charge < -0.3 is 10.1 Å². The molecule has 0 bridgehead atoms. The number of alkyl halides is 2. The monoisotopic (exact) mass is 444 g/mol. The van der Waals surface area contributed by atoms with Crippen LogP contribution in [-0.4, -0.2) is 45.4 Å². The zero-order chi connectivity index (χ0) is 21.2. The molecule has 1 atom stereocenters. The lowest BCUT2D eigenvalue weighted by Crippen LogP contribution is -2.35. The SMILES string of the molecule is O=C(NC[C@H]1CN(c2cccc(Cl)c2)C(=O)O1)c1ccccc1S(=O)(=O)C(F)F. The van der Waals surface area contributed by atoms with Gasteiger partial charge >= 0.3 is 11.9 Å². The van der Waals surface area contributed by atoms with Crippen molar-refractivity contribution in [1.82, 2.24) is 5.32 Å². The summed E-state index contributed by atoms with van der Waals surface area (Å²) in [6.45, 7) is -0.0128. The molecule has 0 aliphatic carbocycles. The molecular formula is C18H15ClF2N2O5S. The normalized spacial score (nSPS) is 16.8. The molecule has 2 aromatic rings. The summed E-state index contributed by atoms with van der Waals surface area (Å²) < 4.78 is 54.4. The third-order valence-corrected chi connectivity index (χ3v) is 5.83. The number of carbonyl (C=O) groups excluding carboxylic acids is 2. The molecule has 7 nitrogen and oxygen atoms in total. The van der Waals surface area contributed by atoms with Crippen LogP contribution in [0.4, 0.5) is 19.3 Å². The number of nitrogens with one attached hydrogen (secondary N) is 1. The van der Waals surface area contributed by atoms with Gasteiger partial charge in [0, 0.05) is 10.7 Å². The van der Waals surface area contributed by atoms with Gasteiger partial charge in [0.25, 0.3) is 5.91 Å². The largest absolute Gasteiger partial charge is 0.442 e. The van der Waals surface area contributed by atoms with Crippen LogP contribution in [-0.2, 0) is 14.6 Å². The van der Waals surface area contributed by atoms with Crippen LogP contribution in [0.3, 0.4) is 0 Å². The molecule has 3 rings (SSSR count). The number of anilines is 1. The molecule has 1 saturated heterocycles. The van der Waals surface area contributed by atoms with Gasteiger partial charge in [-0.2, -0.15) is 8.78 Å². The zero-order valence-electron chi connectivity index (χ0n) is 14.7. The Balaban J connectivity index is 1.69. The van der Waals surface area contributed by atoms with Gasteiger partial charge in [-0.1, -0.05) is 29.8 Å². The molecule has 0 unspecified atom stereocenters. The van der Waals surface area contributed by atoms with Crippen molar-refractivity contribution in [2.24, 2.45) is 0 Å². The molecule has 0 aromatic heterocycles. The second kappa shape index (κ2) is 8.34. The first kappa shape index (κ1) is 21.0. The van der Waals surface area contributed by atoms with Crippen molar-refractivity contribution >= 4 is 39.1 Å². The van der Waals surface area contributed by atoms with Crippen LogP contribution in [0.2, 0.25) is 5.02 Å². The highest BCUT2D eigenvalue weighted by Gasteiger charge is 2.34. The van der Waals surface area contributed by atoms with Gasteiger partial charge in [0.1, 0.15) is 6.10 Å². The summed E-state index contributed by atoms with van der Waals surface area (Å²) in [5.41, 5.74) is 0.105. The van der Waals surface area contributed by atoms with E-state index in [2.05, 4.69) is 5.32 Å². The van der Waals surface area contributed by atoms with Crippen molar-refractivity contribution in [3.63, 3.8) is 0 Å². The molecule has 1 aliphatic rings. The molecule has 1 aliphatic heterocycles. The lowest BCUT2D eigenvalue weighted by molar-refractivity contribution is 0.0913. The summed E-state index contributed by atoms with van der Waals surface area (Å²) in [5, 5.41) is 2.85. The fraction of sp³-hybridized carbons (Fsp3) is 0.222. The van der Waals surface area contributed by atoms with Gasteiger partial charge in [0.05, 0.1) is 23.5 Å². The molecular weight excluding hydrogens is 430 g/mol. The minimum atomic E-state index is -4.95. The van der Waals surface area contributed by atoms with Gasteiger partial charge in [-0.3, -0.25) is 9.69 Å². The Kier molecular flexibility index (Phi) is 6.04. The molecule has 1 N–H and O–H groups in total. The van der Waals surface area contributed by atoms with E-state index in [9.17, 15) is 26.8 Å². The van der Waals surface area contributed by atoms with Gasteiger partial charge in [-0.15, -0.1) is 0 Å². The predicted molar refractivity (Wildman–Crippen MR) is 101 cm³/mol. The van der Waals surface area contributed by atoms with E-state index in [0.29, 0.717) is 10.7 Å². The van der Waals surface area contributed by atoms with Crippen LogP contribution < -0.4 is 10.2 Å². The Hall–Kier alpha value is -2.72. The summed E-state index contributed by atoms with van der Waals surface area (Å²) in [4.78, 5) is 25.0. The summed E-state index contributed by atoms with van der Waals surface area (Å²) in [6, 6.07) is 11.2. The van der Waals surface area contributed by atoms with Crippen molar-refractivity contribution in [1.29, 1.82) is 0 Å². The molecule has 1 heterocycles. The Morgan fingerprint density at radius 3 is 2.66 bits per heavy atom. The highest BCUT2D eigenvalue weighted by Crippen LogP contribution is 2.25. The molecule has 2 aromatic carbocycles. The highest BCUT2D eigenvalue weighted by molar-refractivity contribution is 7.91. The van der Waals surface area contributed by atoms with Crippen molar-refractivity contribution in [3.8, 4) is 0 Å². The van der Waals surface area contributed by atoms with E-state index >= 15 is 0 Å². The number of benzene rings is 2. The van der Waals surface area contributed by atoms with Gasteiger partial charge in [0.2, 0.25) is 9.84 Å². The number of nitrogens with zero attached hydrogens (tertiary/aromatic N) is 1. The minimum absolute atomic E-state index is 0.121. The summed E-state index contributed by atoms with van der Waals surface area (Å²) in [7, 11) is -4.95. The number of rotatable bonds is 6. The smallest absolute Gasteiger partial charge is 0.414 e. The van der Waals surface area contributed by atoms with E-state index in [1.165, 1.54) is 17.0 Å². The quantitative estimate of drug-likeness (QED) is 0.739. The van der Waals surface area contributed by atoms with Crippen molar-refractivity contribution in [2.45, 2.75) is 16.8 Å². The van der Waals surface area contributed by atoms with E-state index < -0.39 is 44.2 Å². The Labute approximate surface area is 170 Å². The predicted octanol–water partition coefficient (Wildman–Crippen LogP) is 3.09. The third-order valence-electron chi connectivity index (χ3n) is 4.16. The maximum atomic E-state index is 12.9. The number of carbonyl (C=O) groups is 2. The van der Waals surface area contributed by atoms with E-state index in [4.69, 9.17) is 16.3 Å². The minimum Gasteiger partial charge on any atom is -0.442 e. The topological polar surface area (TPSA) is 92.8 Å². The standard InChI is InChI=1S/C18H15ClF2N2O5S/c19-11-4-3-5-12(8-11)23-10-13(28-18(23)25)9-22-16(24)14-6-1-2-7-15(14)29(26,27)17(20)21/h1-8,13,17H,9-10H2,(H,22,24)/t13-/m0/s1. The Morgan fingerprint density at radius 1 is 1.24 bits per heavy atom. The average Bonchev–Trinajstić information content (AvgIpc) is 3.06. The van der Waals surface area contributed by atoms with Crippen LogP contribution in [0.1, 0.15) is 10.4 Å². The van der Waals surface area contributed by atoms with Crippen molar-refractivity contribution in [3.05, 3.63) is 59.1 Å². The van der Waals surface area contributed by atoms with Crippen LogP contribution in [0.15, 0.2) is 53.4 Å². The van der Waals surface area contributed by atoms with Crippen molar-refractivity contribution in [2.75, 3.05) is 18.0 Å². The first-order valence-electron chi connectivity index (χ1n) is 8.33. The Bertz CT molecular complexity index is 1050. The molecule has 29 heavy (non-hydrogen) atoms. The number of amides is 2. The first-order valence-corrected chi connectivity index (χ1v) is 10.3. The number of ether oxygens (including phenoxy) is 1. The van der Waals surface area contributed by atoms with Crippen LogP contribution in [0.25, 0.3) is 0 Å². The number of cyclic esters (lactones) is 1. The summed E-state index contributed by atoms with van der Waals surface area (Å²) >= 11 is 5.91. The van der Waals surface area contributed by atoms with Crippen LogP contribution >= 0.6 is 11.6 Å². The molecule has 2 amide bonds. The number of sulfone groups is 1. The zero-order valence-corrected chi connectivity index (χ0v) is 16.3. The Morgan fingerprint density at radius 2 is 1.97 bits per heavy atom. The van der Waals surface area contributed by atoms with E-state index in [1.807, 2.05) is 0 Å². The first-order chi connectivity index (χ1) is 13.7. The van der Waals surface area contributed by atoms with E-state index in [0.717, 1.165) is 12.1 Å². The average molecular weight is 445 g/mol. The summed E-state index contributed by atoms with van der Waals surface area (Å²) in [6.07, 6.45) is -1.35. The van der Waals surface area contributed by atoms with Crippen LogP contribution in [0.5, 0.6) is 0 Å². The van der Waals surface area contributed by atoms with Gasteiger partial charge in [0.15, 0.2) is 0 Å². The maximum Gasteiger partial charge on any atom is 0.414 e. The molecule has 0 saturated carbocycles. The molecule has 0 spiro atoms. The van der Waals surface area contributed by atoms with Gasteiger partial charge in [-0.25, -0.2) is 13.2 Å². The fourth-order valence-electron chi connectivity index (χ4n) is 2.78. The van der Waals surface area contributed by atoms with E-state index in [-0.39, 0.29) is 13.1 Å². The fourth-order valence-corrected chi connectivity index (χ4v) is 3.89. The van der Waals surface area contributed by atoms with Crippen molar-refractivity contribution < 1.29 is 31.5 Å². The number of hydrogen-bond donors (Lipinski definition) is 1. The van der Waals surface area contributed by atoms with Crippen LogP contribution in [0, 0.1) is 0 Å².